The topological polar surface area (TPSA) is 43.3 Å². The van der Waals surface area contributed by atoms with Gasteiger partial charge in [0.05, 0.1) is 35.7 Å². The van der Waals surface area contributed by atoms with Crippen LogP contribution in [-0.4, -0.2) is 17.6 Å². The molecule has 0 aliphatic heterocycles. The van der Waals surface area contributed by atoms with Gasteiger partial charge in [-0.15, -0.1) is 0 Å². The molecule has 0 amide bonds. The lowest BCUT2D eigenvalue weighted by atomic mass is 10.4. The van der Waals surface area contributed by atoms with Gasteiger partial charge in [0.1, 0.15) is 5.69 Å². The largest absolute Gasteiger partial charge is 0.464 e. The van der Waals surface area contributed by atoms with Crippen LogP contribution in [0.5, 0.6) is 0 Å². The molecule has 0 fully saturated rings. The van der Waals surface area contributed by atoms with Gasteiger partial charge in [0.15, 0.2) is 0 Å². The number of anilines is 1. The first-order valence-electron chi connectivity index (χ1n) is 3.88. The molecule has 0 saturated heterocycles. The summed E-state index contributed by atoms with van der Waals surface area (Å²) in [6.07, 6.45) is 1.87. The maximum atomic E-state index is 11.2. The average Bonchev–Trinajstić information content (AvgIpc) is 2.59. The zero-order valence-corrected chi connectivity index (χ0v) is 9.66. The third kappa shape index (κ3) is 2.15. The first kappa shape index (κ1) is 10.4. The van der Waals surface area contributed by atoms with Crippen molar-refractivity contribution in [2.75, 3.05) is 10.6 Å². The molecule has 5 heteroatoms. The van der Waals surface area contributed by atoms with Crippen LogP contribution in [0.3, 0.4) is 0 Å². The number of hydrogen-bond acceptors (Lipinski definition) is 3. The third-order valence-corrected chi connectivity index (χ3v) is 2.36. The highest BCUT2D eigenvalue weighted by molar-refractivity contribution is 14.1. The molecule has 0 aliphatic carbocycles. The predicted octanol–water partition coefficient (Wildman–Crippen LogP) is 2.06. The number of methoxy groups -OCH3 is 1. The molecular weight excluding hydrogens is 283 g/mol. The standard InChI is InChI=1S/C8H11IN2O2/c1-3-11-5-6(10-9)4-7(11)8(12)13-2/h4-5,10H,3H2,1-2H3. The van der Waals surface area contributed by atoms with E-state index in [2.05, 4.69) is 8.27 Å². The van der Waals surface area contributed by atoms with Crippen LogP contribution < -0.4 is 3.53 Å². The SMILES string of the molecule is CCn1cc(NI)cc1C(=O)OC. The second kappa shape index (κ2) is 4.50. The van der Waals surface area contributed by atoms with Crippen LogP contribution in [0, 0.1) is 0 Å². The number of aryl methyl sites for hydroxylation is 1. The molecule has 4 nitrogen and oxygen atoms in total. The summed E-state index contributed by atoms with van der Waals surface area (Å²) in [5.41, 5.74) is 1.48. The van der Waals surface area contributed by atoms with E-state index in [1.807, 2.05) is 40.6 Å². The Morgan fingerprint density at radius 2 is 2.46 bits per heavy atom. The van der Waals surface area contributed by atoms with Crippen molar-refractivity contribution in [3.05, 3.63) is 18.0 Å². The predicted molar refractivity (Wildman–Crippen MR) is 59.1 cm³/mol. The number of rotatable bonds is 3. The van der Waals surface area contributed by atoms with E-state index < -0.39 is 0 Å². The minimum absolute atomic E-state index is 0.306. The molecule has 1 aromatic heterocycles. The van der Waals surface area contributed by atoms with Gasteiger partial charge in [0.2, 0.25) is 0 Å². The Bertz CT molecular complexity index is 309. The lowest BCUT2D eigenvalue weighted by Crippen LogP contribution is -2.08. The number of nitrogens with zero attached hydrogens (tertiary/aromatic N) is 1. The van der Waals surface area contributed by atoms with Crippen LogP contribution in [0.1, 0.15) is 17.4 Å². The summed E-state index contributed by atoms with van der Waals surface area (Å²) < 4.78 is 9.43. The fourth-order valence-electron chi connectivity index (χ4n) is 1.10. The number of aromatic nitrogens is 1. The van der Waals surface area contributed by atoms with Gasteiger partial charge in [0.25, 0.3) is 0 Å². The van der Waals surface area contributed by atoms with Crippen molar-refractivity contribution in [2.45, 2.75) is 13.5 Å². The van der Waals surface area contributed by atoms with Crippen LogP contribution in [-0.2, 0) is 11.3 Å². The van der Waals surface area contributed by atoms with Crippen LogP contribution >= 0.6 is 22.9 Å². The number of hydrogen-bond donors (Lipinski definition) is 1. The van der Waals surface area contributed by atoms with E-state index in [0.29, 0.717) is 5.69 Å². The number of ether oxygens (including phenoxy) is 1. The average molecular weight is 294 g/mol. The Morgan fingerprint density at radius 3 is 2.92 bits per heavy atom. The Hall–Kier alpha value is -0.720. The number of nitrogens with one attached hydrogen (secondary N) is 1. The van der Waals surface area contributed by atoms with Gasteiger partial charge < -0.3 is 12.8 Å². The molecule has 1 N–H and O–H groups in total. The van der Waals surface area contributed by atoms with Crippen molar-refractivity contribution in [2.24, 2.45) is 0 Å². The Kier molecular flexibility index (Phi) is 3.58. The van der Waals surface area contributed by atoms with Crippen molar-refractivity contribution >= 4 is 34.5 Å². The van der Waals surface area contributed by atoms with Crippen LogP contribution in [0.4, 0.5) is 5.69 Å². The highest BCUT2D eigenvalue weighted by Gasteiger charge is 2.12. The van der Waals surface area contributed by atoms with E-state index in [4.69, 9.17) is 0 Å². The van der Waals surface area contributed by atoms with Crippen LogP contribution in [0.15, 0.2) is 12.3 Å². The third-order valence-electron chi connectivity index (χ3n) is 1.74. The number of carbonyl (C=O) groups is 1. The monoisotopic (exact) mass is 294 g/mol. The van der Waals surface area contributed by atoms with Crippen molar-refractivity contribution in [3.8, 4) is 0 Å². The number of esters is 1. The van der Waals surface area contributed by atoms with E-state index >= 15 is 0 Å². The Balaban J connectivity index is 3.03. The van der Waals surface area contributed by atoms with E-state index in [-0.39, 0.29) is 5.97 Å². The van der Waals surface area contributed by atoms with Gasteiger partial charge in [-0.3, -0.25) is 0 Å². The van der Waals surface area contributed by atoms with E-state index in [9.17, 15) is 4.79 Å². The second-order valence-corrected chi connectivity index (χ2v) is 3.03. The Morgan fingerprint density at radius 1 is 1.77 bits per heavy atom. The van der Waals surface area contributed by atoms with E-state index in [0.717, 1.165) is 12.2 Å². The molecule has 1 rings (SSSR count). The van der Waals surface area contributed by atoms with Gasteiger partial charge in [-0.2, -0.15) is 0 Å². The highest BCUT2D eigenvalue weighted by Crippen LogP contribution is 2.16. The molecule has 0 aliphatic rings. The molecule has 0 bridgehead atoms. The lowest BCUT2D eigenvalue weighted by molar-refractivity contribution is 0.0588. The molecule has 72 valence electrons. The summed E-state index contributed by atoms with van der Waals surface area (Å²) in [4.78, 5) is 11.2. The fraction of sp³-hybridized carbons (Fsp3) is 0.375. The van der Waals surface area contributed by atoms with Crippen molar-refractivity contribution < 1.29 is 9.53 Å². The van der Waals surface area contributed by atoms with E-state index in [1.165, 1.54) is 7.11 Å². The molecule has 1 heterocycles. The molecule has 0 aromatic carbocycles. The summed E-state index contributed by atoms with van der Waals surface area (Å²) in [6.45, 7) is 2.73. The fourth-order valence-corrected chi connectivity index (χ4v) is 1.39. The van der Waals surface area contributed by atoms with Gasteiger partial charge >= 0.3 is 5.97 Å². The van der Waals surface area contributed by atoms with Gasteiger partial charge in [-0.25, -0.2) is 4.79 Å². The van der Waals surface area contributed by atoms with Crippen LogP contribution in [0.2, 0.25) is 0 Å². The molecule has 0 unspecified atom stereocenters. The van der Waals surface area contributed by atoms with Crippen molar-refractivity contribution in [1.82, 2.24) is 4.57 Å². The molecule has 0 radical (unpaired) electrons. The molecule has 1 aromatic rings. The molecular formula is C8H11IN2O2. The number of carbonyl (C=O) groups excluding carboxylic acids is 1. The Labute approximate surface area is 90.8 Å². The first-order chi connectivity index (χ1) is 6.22. The first-order valence-corrected chi connectivity index (χ1v) is 4.96. The summed E-state index contributed by atoms with van der Waals surface area (Å²) in [5.74, 6) is -0.306. The molecule has 0 saturated carbocycles. The summed E-state index contributed by atoms with van der Waals surface area (Å²) in [6, 6.07) is 1.77. The smallest absolute Gasteiger partial charge is 0.354 e. The van der Waals surface area contributed by atoms with Crippen molar-refractivity contribution in [3.63, 3.8) is 0 Å². The molecule has 0 spiro atoms. The quantitative estimate of drug-likeness (QED) is 0.527. The second-order valence-electron chi connectivity index (χ2n) is 2.49. The lowest BCUT2D eigenvalue weighted by Gasteiger charge is -2.02. The molecule has 13 heavy (non-hydrogen) atoms. The maximum absolute atomic E-state index is 11.2. The van der Waals surface area contributed by atoms with Crippen molar-refractivity contribution in [1.29, 1.82) is 0 Å². The minimum Gasteiger partial charge on any atom is -0.464 e. The van der Waals surface area contributed by atoms with Gasteiger partial charge in [0, 0.05) is 12.7 Å². The van der Waals surface area contributed by atoms with Crippen LogP contribution in [0.25, 0.3) is 0 Å². The van der Waals surface area contributed by atoms with E-state index in [1.54, 1.807) is 6.07 Å². The zero-order valence-electron chi connectivity index (χ0n) is 7.50. The zero-order chi connectivity index (χ0) is 9.84. The maximum Gasteiger partial charge on any atom is 0.354 e. The summed E-state index contributed by atoms with van der Waals surface area (Å²) >= 11 is 2.02. The summed E-state index contributed by atoms with van der Waals surface area (Å²) in [7, 11) is 1.38. The highest BCUT2D eigenvalue weighted by atomic mass is 127. The number of halogens is 1. The summed E-state index contributed by atoms with van der Waals surface area (Å²) in [5, 5.41) is 0. The van der Waals surface area contributed by atoms with Gasteiger partial charge in [-0.1, -0.05) is 0 Å². The minimum atomic E-state index is -0.306. The normalized spacial score (nSPS) is 9.77. The van der Waals surface area contributed by atoms with Gasteiger partial charge in [-0.05, 0) is 13.0 Å². The molecule has 0 atom stereocenters.